The van der Waals surface area contributed by atoms with Crippen molar-refractivity contribution in [1.82, 2.24) is 9.80 Å². The lowest BCUT2D eigenvalue weighted by atomic mass is 10.1. The topological polar surface area (TPSA) is 30.3 Å². The molecule has 1 fully saturated rings. The van der Waals surface area contributed by atoms with E-state index in [1.54, 1.807) is 0 Å². The average molecular weight is 215 g/mol. The smallest absolute Gasteiger partial charge is 0.110 e. The van der Waals surface area contributed by atoms with Gasteiger partial charge in [-0.05, 0) is 12.6 Å². The number of hydrogen-bond acceptors (Lipinski definition) is 3. The van der Waals surface area contributed by atoms with Crippen LogP contribution in [0.15, 0.2) is 30.3 Å². The molecule has 2 rings (SSSR count). The minimum atomic E-state index is 0.0393. The second-order valence-electron chi connectivity index (χ2n) is 4.35. The highest BCUT2D eigenvalue weighted by Gasteiger charge is 2.23. The molecular formula is C13H17N3. The molecule has 1 saturated heterocycles. The van der Waals surface area contributed by atoms with Crippen LogP contribution in [-0.4, -0.2) is 42.5 Å². The number of nitriles is 1. The third-order valence-corrected chi connectivity index (χ3v) is 3.13. The summed E-state index contributed by atoms with van der Waals surface area (Å²) >= 11 is 0. The zero-order valence-corrected chi connectivity index (χ0v) is 9.63. The molecule has 84 valence electrons. The van der Waals surface area contributed by atoms with Gasteiger partial charge in [0.25, 0.3) is 0 Å². The fraction of sp³-hybridized carbons (Fsp3) is 0.462. The first-order valence-corrected chi connectivity index (χ1v) is 5.66. The van der Waals surface area contributed by atoms with E-state index in [9.17, 15) is 0 Å². The van der Waals surface area contributed by atoms with Gasteiger partial charge in [0.2, 0.25) is 0 Å². The monoisotopic (exact) mass is 215 g/mol. The van der Waals surface area contributed by atoms with Crippen LogP contribution in [0.25, 0.3) is 0 Å². The highest BCUT2D eigenvalue weighted by molar-refractivity contribution is 5.14. The number of hydrogen-bond donors (Lipinski definition) is 0. The van der Waals surface area contributed by atoms with Gasteiger partial charge in [0.05, 0.1) is 6.07 Å². The molecule has 0 bridgehead atoms. The Morgan fingerprint density at radius 2 is 2.06 bits per heavy atom. The van der Waals surface area contributed by atoms with Crippen molar-refractivity contribution in [2.75, 3.05) is 26.7 Å². The van der Waals surface area contributed by atoms with E-state index in [0.717, 1.165) is 26.2 Å². The number of likely N-dealkylation sites (N-methyl/N-ethyl adjacent to an activating group) is 1. The molecule has 1 aromatic rings. The molecule has 1 aliphatic heterocycles. The Balaban J connectivity index is 1.95. The van der Waals surface area contributed by atoms with Gasteiger partial charge in [-0.1, -0.05) is 30.3 Å². The number of rotatable bonds is 2. The van der Waals surface area contributed by atoms with E-state index < -0.39 is 0 Å². The summed E-state index contributed by atoms with van der Waals surface area (Å²) in [4.78, 5) is 4.48. The second-order valence-corrected chi connectivity index (χ2v) is 4.35. The molecule has 3 nitrogen and oxygen atoms in total. The Hall–Kier alpha value is -1.37. The van der Waals surface area contributed by atoms with E-state index in [1.807, 2.05) is 13.1 Å². The van der Waals surface area contributed by atoms with Gasteiger partial charge in [-0.15, -0.1) is 0 Å². The molecule has 0 spiro atoms. The molecule has 1 heterocycles. The van der Waals surface area contributed by atoms with Crippen molar-refractivity contribution < 1.29 is 0 Å². The first kappa shape index (κ1) is 11.1. The van der Waals surface area contributed by atoms with Gasteiger partial charge in [-0.25, -0.2) is 0 Å². The van der Waals surface area contributed by atoms with Crippen molar-refractivity contribution in [2.45, 2.75) is 12.6 Å². The van der Waals surface area contributed by atoms with Crippen LogP contribution in [0.4, 0.5) is 0 Å². The van der Waals surface area contributed by atoms with Crippen LogP contribution in [0.5, 0.6) is 0 Å². The Kier molecular flexibility index (Phi) is 3.55. The maximum Gasteiger partial charge on any atom is 0.110 e. The summed E-state index contributed by atoms with van der Waals surface area (Å²) in [6.45, 7) is 3.82. The zero-order valence-electron chi connectivity index (χ0n) is 9.63. The van der Waals surface area contributed by atoms with Crippen LogP contribution >= 0.6 is 0 Å². The third kappa shape index (κ3) is 2.60. The summed E-state index contributed by atoms with van der Waals surface area (Å²) in [7, 11) is 2.02. The minimum Gasteiger partial charge on any atom is -0.295 e. The summed E-state index contributed by atoms with van der Waals surface area (Å²) in [5, 5.41) is 9.03. The van der Waals surface area contributed by atoms with E-state index >= 15 is 0 Å². The molecule has 1 atom stereocenters. The fourth-order valence-corrected chi connectivity index (χ4v) is 2.05. The number of benzene rings is 1. The van der Waals surface area contributed by atoms with Crippen LogP contribution < -0.4 is 0 Å². The maximum atomic E-state index is 9.03. The fourth-order valence-electron chi connectivity index (χ4n) is 2.05. The van der Waals surface area contributed by atoms with Crippen LogP contribution in [0.2, 0.25) is 0 Å². The molecule has 1 aromatic carbocycles. The SMILES string of the molecule is CN1CCN(Cc2ccccc2)CC1C#N. The van der Waals surface area contributed by atoms with Gasteiger partial charge in [0.15, 0.2) is 0 Å². The van der Waals surface area contributed by atoms with Crippen molar-refractivity contribution in [3.05, 3.63) is 35.9 Å². The highest BCUT2D eigenvalue weighted by atomic mass is 15.3. The van der Waals surface area contributed by atoms with Crippen LogP contribution in [-0.2, 0) is 6.54 Å². The third-order valence-electron chi connectivity index (χ3n) is 3.13. The largest absolute Gasteiger partial charge is 0.295 e. The molecule has 3 heteroatoms. The van der Waals surface area contributed by atoms with E-state index in [4.69, 9.17) is 5.26 Å². The molecule has 0 N–H and O–H groups in total. The number of piperazine rings is 1. The van der Waals surface area contributed by atoms with Crippen molar-refractivity contribution in [2.24, 2.45) is 0 Å². The van der Waals surface area contributed by atoms with E-state index in [2.05, 4.69) is 40.1 Å². The Bertz CT molecular complexity index is 369. The van der Waals surface area contributed by atoms with Gasteiger partial charge < -0.3 is 0 Å². The summed E-state index contributed by atoms with van der Waals surface area (Å²) in [5.41, 5.74) is 1.32. The molecular weight excluding hydrogens is 198 g/mol. The summed E-state index contributed by atoms with van der Waals surface area (Å²) in [5.74, 6) is 0. The molecule has 1 aliphatic rings. The molecule has 0 aliphatic carbocycles. The lowest BCUT2D eigenvalue weighted by Crippen LogP contribution is -2.50. The Labute approximate surface area is 96.9 Å². The summed E-state index contributed by atoms with van der Waals surface area (Å²) < 4.78 is 0. The predicted molar refractivity (Wildman–Crippen MR) is 63.8 cm³/mol. The summed E-state index contributed by atoms with van der Waals surface area (Å²) in [6.07, 6.45) is 0. The van der Waals surface area contributed by atoms with Crippen LogP contribution in [0, 0.1) is 11.3 Å². The van der Waals surface area contributed by atoms with Crippen LogP contribution in [0.1, 0.15) is 5.56 Å². The highest BCUT2D eigenvalue weighted by Crippen LogP contribution is 2.11. The first-order chi connectivity index (χ1) is 7.79. The van der Waals surface area contributed by atoms with Gasteiger partial charge in [-0.3, -0.25) is 9.80 Å². The molecule has 0 aromatic heterocycles. The molecule has 16 heavy (non-hydrogen) atoms. The molecule has 0 radical (unpaired) electrons. The lowest BCUT2D eigenvalue weighted by Gasteiger charge is -2.35. The van der Waals surface area contributed by atoms with Crippen LogP contribution in [0.3, 0.4) is 0 Å². The van der Waals surface area contributed by atoms with Crippen molar-refractivity contribution in [3.63, 3.8) is 0 Å². The van der Waals surface area contributed by atoms with E-state index in [1.165, 1.54) is 5.56 Å². The van der Waals surface area contributed by atoms with E-state index in [0.29, 0.717) is 0 Å². The summed E-state index contributed by atoms with van der Waals surface area (Å²) in [6, 6.07) is 12.8. The van der Waals surface area contributed by atoms with Gasteiger partial charge in [0.1, 0.15) is 6.04 Å². The zero-order chi connectivity index (χ0) is 11.4. The molecule has 0 saturated carbocycles. The second kappa shape index (κ2) is 5.11. The molecule has 1 unspecified atom stereocenters. The number of nitrogens with zero attached hydrogens (tertiary/aromatic N) is 3. The van der Waals surface area contributed by atoms with Gasteiger partial charge >= 0.3 is 0 Å². The minimum absolute atomic E-state index is 0.0393. The normalized spacial score (nSPS) is 22.9. The van der Waals surface area contributed by atoms with E-state index in [-0.39, 0.29) is 6.04 Å². The van der Waals surface area contributed by atoms with Gasteiger partial charge in [-0.2, -0.15) is 5.26 Å². The van der Waals surface area contributed by atoms with Crippen molar-refractivity contribution >= 4 is 0 Å². The predicted octanol–water partition coefficient (Wildman–Crippen LogP) is 1.33. The Morgan fingerprint density at radius 1 is 1.31 bits per heavy atom. The van der Waals surface area contributed by atoms with Gasteiger partial charge in [0, 0.05) is 26.2 Å². The lowest BCUT2D eigenvalue weighted by molar-refractivity contribution is 0.117. The average Bonchev–Trinajstić information content (AvgIpc) is 2.33. The quantitative estimate of drug-likeness (QED) is 0.745. The standard InChI is InChI=1S/C13H17N3/c1-15-7-8-16(11-13(15)9-14)10-12-5-3-2-4-6-12/h2-6,13H,7-8,10-11H2,1H3. The van der Waals surface area contributed by atoms with Crippen molar-refractivity contribution in [1.29, 1.82) is 5.26 Å². The molecule has 0 amide bonds. The maximum absolute atomic E-state index is 9.03. The Morgan fingerprint density at radius 3 is 2.75 bits per heavy atom. The van der Waals surface area contributed by atoms with Crippen molar-refractivity contribution in [3.8, 4) is 6.07 Å². The first-order valence-electron chi connectivity index (χ1n) is 5.66.